The third-order valence-corrected chi connectivity index (χ3v) is 4.33. The molecule has 6 nitrogen and oxygen atoms in total. The van der Waals surface area contributed by atoms with Crippen LogP contribution in [0.5, 0.6) is 0 Å². The third kappa shape index (κ3) is 3.10. The average Bonchev–Trinajstić information content (AvgIpc) is 3.19. The Morgan fingerprint density at radius 2 is 2.10 bits per heavy atom. The number of nitrogens with zero attached hydrogens (tertiary/aromatic N) is 1. The number of morpholine rings is 1. The van der Waals surface area contributed by atoms with Crippen molar-refractivity contribution in [2.24, 2.45) is 5.92 Å². The third-order valence-electron chi connectivity index (χ3n) is 4.33. The molecule has 6 heteroatoms. The quantitative estimate of drug-likeness (QED) is 0.864. The Kier molecular flexibility index (Phi) is 4.24. The Morgan fingerprint density at radius 1 is 1.29 bits per heavy atom. The van der Waals surface area contributed by atoms with Crippen LogP contribution >= 0.6 is 0 Å². The summed E-state index contributed by atoms with van der Waals surface area (Å²) < 4.78 is 5.29. The van der Waals surface area contributed by atoms with Crippen LogP contribution in [0.2, 0.25) is 0 Å². The zero-order valence-corrected chi connectivity index (χ0v) is 12.0. The molecule has 2 aliphatic rings. The zero-order chi connectivity index (χ0) is 14.7. The maximum atomic E-state index is 12.6. The number of hydrogen-bond donors (Lipinski definition) is 2. The number of amides is 2. The fraction of sp³-hybridized carbons (Fsp3) is 0.600. The molecule has 2 amide bonds. The van der Waals surface area contributed by atoms with Gasteiger partial charge in [-0.15, -0.1) is 0 Å². The Labute approximate surface area is 123 Å². The van der Waals surface area contributed by atoms with Gasteiger partial charge in [-0.05, 0) is 18.9 Å². The van der Waals surface area contributed by atoms with Crippen molar-refractivity contribution in [2.75, 3.05) is 26.3 Å². The molecule has 1 aliphatic heterocycles. The maximum absolute atomic E-state index is 12.6. The lowest BCUT2D eigenvalue weighted by Gasteiger charge is -2.31. The SMILES string of the molecule is O=C(N[C@@H]1CCC[C@@H]1C(=O)N1CCOCC1)c1cc[nH]c1. The molecule has 1 saturated carbocycles. The number of hydrogen-bond acceptors (Lipinski definition) is 3. The standard InChI is InChI=1S/C15H21N3O3/c19-14(11-4-5-16-10-11)17-13-3-1-2-12(13)15(20)18-6-8-21-9-7-18/h4-5,10,12-13,16H,1-3,6-9H2,(H,17,19)/t12-,13+/m0/s1. The second kappa shape index (κ2) is 6.30. The van der Waals surface area contributed by atoms with Crippen molar-refractivity contribution >= 4 is 11.8 Å². The van der Waals surface area contributed by atoms with Crippen LogP contribution < -0.4 is 5.32 Å². The molecule has 1 saturated heterocycles. The van der Waals surface area contributed by atoms with E-state index in [1.54, 1.807) is 18.5 Å². The molecule has 1 aliphatic carbocycles. The smallest absolute Gasteiger partial charge is 0.253 e. The van der Waals surface area contributed by atoms with Crippen LogP contribution in [-0.2, 0) is 9.53 Å². The van der Waals surface area contributed by atoms with Gasteiger partial charge < -0.3 is 19.9 Å². The van der Waals surface area contributed by atoms with E-state index in [2.05, 4.69) is 10.3 Å². The van der Waals surface area contributed by atoms with E-state index in [1.807, 2.05) is 4.90 Å². The highest BCUT2D eigenvalue weighted by atomic mass is 16.5. The van der Waals surface area contributed by atoms with Gasteiger partial charge in [0.1, 0.15) is 0 Å². The molecule has 21 heavy (non-hydrogen) atoms. The number of aromatic amines is 1. The Bertz CT molecular complexity index is 494. The molecule has 2 N–H and O–H groups in total. The van der Waals surface area contributed by atoms with Crippen LogP contribution in [0.15, 0.2) is 18.5 Å². The number of ether oxygens (including phenoxy) is 1. The molecule has 1 aromatic rings. The molecular formula is C15H21N3O3. The van der Waals surface area contributed by atoms with Crippen LogP contribution in [0.4, 0.5) is 0 Å². The topological polar surface area (TPSA) is 74.4 Å². The Morgan fingerprint density at radius 3 is 2.81 bits per heavy atom. The normalized spacial score (nSPS) is 25.8. The van der Waals surface area contributed by atoms with Crippen molar-refractivity contribution in [2.45, 2.75) is 25.3 Å². The first-order chi connectivity index (χ1) is 10.3. The number of nitrogens with one attached hydrogen (secondary N) is 2. The molecule has 2 fully saturated rings. The summed E-state index contributed by atoms with van der Waals surface area (Å²) in [6, 6.07) is 1.69. The van der Waals surface area contributed by atoms with E-state index < -0.39 is 0 Å². The lowest BCUT2D eigenvalue weighted by molar-refractivity contribution is -0.140. The highest BCUT2D eigenvalue weighted by Gasteiger charge is 2.36. The van der Waals surface area contributed by atoms with Gasteiger partial charge in [0, 0.05) is 31.5 Å². The minimum atomic E-state index is -0.108. The second-order valence-corrected chi connectivity index (χ2v) is 5.65. The van der Waals surface area contributed by atoms with Gasteiger partial charge in [0.05, 0.1) is 24.7 Å². The van der Waals surface area contributed by atoms with Gasteiger partial charge in [-0.1, -0.05) is 6.42 Å². The van der Waals surface area contributed by atoms with Crippen LogP contribution in [0.3, 0.4) is 0 Å². The molecule has 0 spiro atoms. The molecule has 0 bridgehead atoms. The van der Waals surface area contributed by atoms with Gasteiger partial charge in [-0.2, -0.15) is 0 Å². The highest BCUT2D eigenvalue weighted by Crippen LogP contribution is 2.28. The summed E-state index contributed by atoms with van der Waals surface area (Å²) in [6.45, 7) is 2.54. The summed E-state index contributed by atoms with van der Waals surface area (Å²) in [5.74, 6) is -0.0379. The molecule has 2 atom stereocenters. The summed E-state index contributed by atoms with van der Waals surface area (Å²) >= 11 is 0. The second-order valence-electron chi connectivity index (χ2n) is 5.65. The molecule has 1 aromatic heterocycles. The van der Waals surface area contributed by atoms with Crippen molar-refractivity contribution in [3.63, 3.8) is 0 Å². The van der Waals surface area contributed by atoms with Gasteiger partial charge in [-0.25, -0.2) is 0 Å². The summed E-state index contributed by atoms with van der Waals surface area (Å²) in [4.78, 5) is 29.5. The van der Waals surface area contributed by atoms with Crippen LogP contribution in [0, 0.1) is 5.92 Å². The molecule has 3 rings (SSSR count). The minimum absolute atomic E-state index is 0.0530. The van der Waals surface area contributed by atoms with Crippen molar-refractivity contribution in [1.82, 2.24) is 15.2 Å². The van der Waals surface area contributed by atoms with E-state index in [0.29, 0.717) is 31.9 Å². The maximum Gasteiger partial charge on any atom is 0.253 e. The Balaban J connectivity index is 1.62. The van der Waals surface area contributed by atoms with Crippen LogP contribution in [0.1, 0.15) is 29.6 Å². The fourth-order valence-electron chi connectivity index (χ4n) is 3.16. The van der Waals surface area contributed by atoms with E-state index in [9.17, 15) is 9.59 Å². The monoisotopic (exact) mass is 291 g/mol. The summed E-state index contributed by atoms with van der Waals surface area (Å²) in [5, 5.41) is 3.01. The minimum Gasteiger partial charge on any atom is -0.378 e. The van der Waals surface area contributed by atoms with Gasteiger partial charge in [0.25, 0.3) is 5.91 Å². The predicted octanol–water partition coefficient (Wildman–Crippen LogP) is 0.772. The van der Waals surface area contributed by atoms with E-state index in [4.69, 9.17) is 4.74 Å². The van der Waals surface area contributed by atoms with Gasteiger partial charge in [0.2, 0.25) is 5.91 Å². The van der Waals surface area contributed by atoms with Gasteiger partial charge in [-0.3, -0.25) is 9.59 Å². The zero-order valence-electron chi connectivity index (χ0n) is 12.0. The average molecular weight is 291 g/mol. The number of rotatable bonds is 3. The number of carbonyl (C=O) groups is 2. The predicted molar refractivity (Wildman–Crippen MR) is 76.8 cm³/mol. The number of aromatic nitrogens is 1. The summed E-state index contributed by atoms with van der Waals surface area (Å²) in [6.07, 6.45) is 6.10. The molecule has 0 unspecified atom stereocenters. The van der Waals surface area contributed by atoms with Crippen molar-refractivity contribution in [3.05, 3.63) is 24.0 Å². The van der Waals surface area contributed by atoms with E-state index >= 15 is 0 Å². The van der Waals surface area contributed by atoms with Crippen LogP contribution in [0.25, 0.3) is 0 Å². The van der Waals surface area contributed by atoms with Crippen molar-refractivity contribution in [3.8, 4) is 0 Å². The molecule has 2 heterocycles. The van der Waals surface area contributed by atoms with E-state index in [-0.39, 0.29) is 23.8 Å². The van der Waals surface area contributed by atoms with E-state index in [0.717, 1.165) is 19.3 Å². The highest BCUT2D eigenvalue weighted by molar-refractivity contribution is 5.94. The van der Waals surface area contributed by atoms with Crippen LogP contribution in [-0.4, -0.2) is 54.0 Å². The first kappa shape index (κ1) is 14.1. The molecule has 114 valence electrons. The summed E-state index contributed by atoms with van der Waals surface area (Å²) in [5.41, 5.74) is 0.611. The molecular weight excluding hydrogens is 270 g/mol. The molecule has 0 aromatic carbocycles. The van der Waals surface area contributed by atoms with Gasteiger partial charge in [0.15, 0.2) is 0 Å². The number of H-pyrrole nitrogens is 1. The fourth-order valence-corrected chi connectivity index (χ4v) is 3.16. The first-order valence-electron chi connectivity index (χ1n) is 7.56. The van der Waals surface area contributed by atoms with Crippen molar-refractivity contribution < 1.29 is 14.3 Å². The largest absolute Gasteiger partial charge is 0.378 e. The molecule has 0 radical (unpaired) electrons. The lowest BCUT2D eigenvalue weighted by atomic mass is 10.0. The first-order valence-corrected chi connectivity index (χ1v) is 7.56. The van der Waals surface area contributed by atoms with Crippen molar-refractivity contribution in [1.29, 1.82) is 0 Å². The lowest BCUT2D eigenvalue weighted by Crippen LogP contribution is -2.48. The number of carbonyl (C=O) groups excluding carboxylic acids is 2. The van der Waals surface area contributed by atoms with Gasteiger partial charge >= 0.3 is 0 Å². The summed E-state index contributed by atoms with van der Waals surface area (Å²) in [7, 11) is 0. The Hall–Kier alpha value is -1.82. The van der Waals surface area contributed by atoms with E-state index in [1.165, 1.54) is 0 Å².